The second kappa shape index (κ2) is 5.96. The molecule has 0 saturated heterocycles. The molecule has 0 fully saturated rings. The van der Waals surface area contributed by atoms with Gasteiger partial charge in [0.2, 0.25) is 0 Å². The second-order valence-electron chi connectivity index (χ2n) is 5.13. The van der Waals surface area contributed by atoms with Gasteiger partial charge in [0.15, 0.2) is 0 Å². The molecular weight excluding hydrogens is 224 g/mol. The molecule has 0 spiro atoms. The predicted molar refractivity (Wildman–Crippen MR) is 77.4 cm³/mol. The highest BCUT2D eigenvalue weighted by Crippen LogP contribution is 2.27. The molecule has 1 atom stereocenters. The molecule has 0 aromatic heterocycles. The largest absolute Gasteiger partial charge is 0.300 e. The van der Waals surface area contributed by atoms with Crippen LogP contribution in [0.4, 0.5) is 0 Å². The summed E-state index contributed by atoms with van der Waals surface area (Å²) in [5, 5.41) is 1.42. The summed E-state index contributed by atoms with van der Waals surface area (Å²) in [5.74, 6) is 0.282. The summed E-state index contributed by atoms with van der Waals surface area (Å²) >= 11 is 0. The lowest BCUT2D eigenvalue weighted by atomic mass is 10.2. The van der Waals surface area contributed by atoms with Gasteiger partial charge in [0.05, 0.1) is 8.07 Å². The number of allylic oxidation sites excluding steroid dienone is 2. The van der Waals surface area contributed by atoms with Crippen LogP contribution in [-0.2, 0) is 4.79 Å². The van der Waals surface area contributed by atoms with E-state index in [1.54, 1.807) is 6.92 Å². The molecular formula is C15H22OSi. The lowest BCUT2D eigenvalue weighted by molar-refractivity contribution is -0.116. The fourth-order valence-electron chi connectivity index (χ4n) is 2.19. The van der Waals surface area contributed by atoms with Gasteiger partial charge in [-0.2, -0.15) is 0 Å². The van der Waals surface area contributed by atoms with Gasteiger partial charge in [-0.05, 0) is 19.4 Å². The van der Waals surface area contributed by atoms with Crippen molar-refractivity contribution in [1.82, 2.24) is 0 Å². The lowest BCUT2D eigenvalue weighted by Gasteiger charge is -2.30. The summed E-state index contributed by atoms with van der Waals surface area (Å²) in [6.07, 6.45) is 4.95. The third-order valence-corrected chi connectivity index (χ3v) is 7.45. The van der Waals surface area contributed by atoms with Crippen molar-refractivity contribution in [3.63, 3.8) is 0 Å². The summed E-state index contributed by atoms with van der Waals surface area (Å²) in [7, 11) is -1.60. The van der Waals surface area contributed by atoms with Crippen molar-refractivity contribution in [3.05, 3.63) is 42.5 Å². The number of carbonyl (C=O) groups excluding carboxylic acids is 1. The summed E-state index contributed by atoms with van der Waals surface area (Å²) in [5.41, 5.74) is 0.396. The van der Waals surface area contributed by atoms with E-state index in [1.165, 1.54) is 5.19 Å². The third kappa shape index (κ3) is 3.67. The van der Waals surface area contributed by atoms with Crippen LogP contribution in [-0.4, -0.2) is 13.9 Å². The molecule has 0 N–H and O–H groups in total. The highest BCUT2D eigenvalue weighted by Gasteiger charge is 2.32. The molecule has 0 radical (unpaired) electrons. The van der Waals surface area contributed by atoms with Crippen LogP contribution in [0.5, 0.6) is 0 Å². The average Bonchev–Trinajstić information content (AvgIpc) is 2.29. The fraction of sp³-hybridized carbons (Fsp3) is 0.400. The highest BCUT2D eigenvalue weighted by atomic mass is 28.3. The van der Waals surface area contributed by atoms with Crippen molar-refractivity contribution in [2.24, 2.45) is 0 Å². The molecule has 1 rings (SSSR count). The number of carbonyl (C=O) groups is 1. The second-order valence-corrected chi connectivity index (χ2v) is 9.89. The molecule has 0 heterocycles. The van der Waals surface area contributed by atoms with Crippen molar-refractivity contribution in [2.75, 3.05) is 0 Å². The van der Waals surface area contributed by atoms with Crippen molar-refractivity contribution < 1.29 is 4.79 Å². The van der Waals surface area contributed by atoms with Gasteiger partial charge in [0, 0.05) is 6.42 Å². The molecule has 1 nitrogen and oxygen atoms in total. The molecule has 0 unspecified atom stereocenters. The Balaban J connectivity index is 3.03. The topological polar surface area (TPSA) is 17.1 Å². The van der Waals surface area contributed by atoms with Crippen molar-refractivity contribution in [2.45, 2.75) is 38.9 Å². The molecule has 0 aliphatic rings. The Morgan fingerprint density at radius 2 is 1.88 bits per heavy atom. The standard InChI is InChI=1S/C15H22OSi/c1-5-9-15(12-13(2)16)17(3,4)14-10-7-6-8-11-14/h5-11,15H,12H2,1-4H3/b9-5+/t15-/m0/s1. The first-order valence-corrected chi connectivity index (χ1v) is 9.24. The van der Waals surface area contributed by atoms with Crippen LogP contribution in [0.3, 0.4) is 0 Å². The van der Waals surface area contributed by atoms with E-state index in [0.29, 0.717) is 12.0 Å². The van der Waals surface area contributed by atoms with E-state index in [9.17, 15) is 4.79 Å². The quantitative estimate of drug-likeness (QED) is 0.574. The van der Waals surface area contributed by atoms with Crippen LogP contribution in [0, 0.1) is 0 Å². The number of ketones is 1. The first kappa shape index (κ1) is 13.9. The third-order valence-electron chi connectivity index (χ3n) is 3.38. The monoisotopic (exact) mass is 246 g/mol. The lowest BCUT2D eigenvalue weighted by Crippen LogP contribution is -2.45. The van der Waals surface area contributed by atoms with E-state index in [1.807, 2.05) is 13.0 Å². The molecule has 0 aliphatic heterocycles. The van der Waals surface area contributed by atoms with Gasteiger partial charge in [0.1, 0.15) is 5.78 Å². The molecule has 0 saturated carbocycles. The van der Waals surface area contributed by atoms with Crippen LogP contribution < -0.4 is 5.19 Å². The van der Waals surface area contributed by atoms with Crippen LogP contribution in [0.15, 0.2) is 42.5 Å². The maximum absolute atomic E-state index is 11.4. The van der Waals surface area contributed by atoms with Gasteiger partial charge in [-0.3, -0.25) is 0 Å². The predicted octanol–water partition coefficient (Wildman–Crippen LogP) is 3.53. The van der Waals surface area contributed by atoms with Crippen molar-refractivity contribution >= 4 is 19.0 Å². The Labute approximate surface area is 106 Å². The Bertz CT molecular complexity index is 393. The molecule has 1 aromatic rings. The molecule has 0 bridgehead atoms. The molecule has 0 aliphatic carbocycles. The molecule has 0 amide bonds. The fourth-order valence-corrected chi connectivity index (χ4v) is 5.14. The number of rotatable bonds is 5. The number of hydrogen-bond donors (Lipinski definition) is 0. The summed E-state index contributed by atoms with van der Waals surface area (Å²) in [4.78, 5) is 11.4. The van der Waals surface area contributed by atoms with Gasteiger partial charge in [-0.15, -0.1) is 0 Å². The Morgan fingerprint density at radius 3 is 2.35 bits per heavy atom. The number of hydrogen-bond acceptors (Lipinski definition) is 1. The summed E-state index contributed by atoms with van der Waals surface area (Å²) in [6, 6.07) is 10.6. The van der Waals surface area contributed by atoms with E-state index in [2.05, 4.69) is 49.5 Å². The van der Waals surface area contributed by atoms with E-state index >= 15 is 0 Å². The zero-order valence-electron chi connectivity index (χ0n) is 11.2. The summed E-state index contributed by atoms with van der Waals surface area (Å²) < 4.78 is 0. The van der Waals surface area contributed by atoms with Crippen LogP contribution in [0.1, 0.15) is 20.3 Å². The van der Waals surface area contributed by atoms with E-state index in [4.69, 9.17) is 0 Å². The van der Waals surface area contributed by atoms with Crippen LogP contribution in [0.2, 0.25) is 18.6 Å². The number of benzene rings is 1. The van der Waals surface area contributed by atoms with E-state index < -0.39 is 8.07 Å². The van der Waals surface area contributed by atoms with Gasteiger partial charge in [-0.25, -0.2) is 0 Å². The van der Waals surface area contributed by atoms with Crippen LogP contribution in [0.25, 0.3) is 0 Å². The smallest absolute Gasteiger partial charge is 0.130 e. The van der Waals surface area contributed by atoms with Crippen molar-refractivity contribution in [3.8, 4) is 0 Å². The Hall–Kier alpha value is -1.15. The Morgan fingerprint density at radius 1 is 1.29 bits per heavy atom. The first-order chi connectivity index (χ1) is 7.98. The molecule has 92 valence electrons. The van der Waals surface area contributed by atoms with E-state index in [-0.39, 0.29) is 5.78 Å². The minimum absolute atomic E-state index is 0.282. The SMILES string of the molecule is C/C=C/[C@@H](CC(C)=O)[Si](C)(C)c1ccccc1. The van der Waals surface area contributed by atoms with E-state index in [0.717, 1.165) is 0 Å². The zero-order chi connectivity index (χ0) is 12.9. The maximum atomic E-state index is 11.4. The van der Waals surface area contributed by atoms with Gasteiger partial charge >= 0.3 is 0 Å². The minimum Gasteiger partial charge on any atom is -0.300 e. The number of Topliss-reactive ketones (excluding diaryl/α,β-unsaturated/α-hetero) is 1. The maximum Gasteiger partial charge on any atom is 0.130 e. The minimum atomic E-state index is -1.60. The van der Waals surface area contributed by atoms with Gasteiger partial charge < -0.3 is 4.79 Å². The first-order valence-electron chi connectivity index (χ1n) is 6.16. The van der Waals surface area contributed by atoms with Gasteiger partial charge in [0.25, 0.3) is 0 Å². The van der Waals surface area contributed by atoms with Crippen LogP contribution >= 0.6 is 0 Å². The normalized spacial score (nSPS) is 13.9. The average molecular weight is 246 g/mol. The Kier molecular flexibility index (Phi) is 4.88. The van der Waals surface area contributed by atoms with Gasteiger partial charge in [-0.1, -0.05) is 60.8 Å². The highest BCUT2D eigenvalue weighted by molar-refractivity contribution is 6.91. The molecule has 17 heavy (non-hydrogen) atoms. The summed E-state index contributed by atoms with van der Waals surface area (Å²) in [6.45, 7) is 8.40. The van der Waals surface area contributed by atoms with Crippen molar-refractivity contribution in [1.29, 1.82) is 0 Å². The molecule has 2 heteroatoms. The zero-order valence-corrected chi connectivity index (χ0v) is 12.2. The molecule has 1 aromatic carbocycles.